The predicted molar refractivity (Wildman–Crippen MR) is 134 cm³/mol. The summed E-state index contributed by atoms with van der Waals surface area (Å²) in [5.41, 5.74) is 3.11. The average molecular weight is 407 g/mol. The van der Waals surface area contributed by atoms with Gasteiger partial charge in [-0.25, -0.2) is 0 Å². The summed E-state index contributed by atoms with van der Waals surface area (Å²) in [4.78, 5) is 0. The molecule has 2 aromatic rings. The molecule has 1 fully saturated rings. The molecule has 0 N–H and O–H groups in total. The monoisotopic (exact) mass is 406 g/mol. The van der Waals surface area contributed by atoms with E-state index in [2.05, 4.69) is 50.2 Å². The Balaban J connectivity index is 1.44. The second-order valence-electron chi connectivity index (χ2n) is 10.0. The molecule has 0 bridgehead atoms. The minimum atomic E-state index is 0.795. The lowest BCUT2D eigenvalue weighted by Crippen LogP contribution is -2.13. The van der Waals surface area contributed by atoms with Crippen LogP contribution in [0.4, 0.5) is 0 Å². The number of benzene rings is 2. The molecule has 0 amide bonds. The van der Waals surface area contributed by atoms with Crippen LogP contribution in [0.25, 0.3) is 10.8 Å². The fourth-order valence-electron chi connectivity index (χ4n) is 5.48. The Morgan fingerprint density at radius 3 is 2.03 bits per heavy atom. The molecule has 0 aromatic heterocycles. The lowest BCUT2D eigenvalue weighted by atomic mass is 9.76. The summed E-state index contributed by atoms with van der Waals surface area (Å²) in [6.45, 7) is 4.59. The largest absolute Gasteiger partial charge is 0.0654 e. The van der Waals surface area contributed by atoms with Gasteiger partial charge in [0.05, 0.1) is 0 Å². The van der Waals surface area contributed by atoms with E-state index in [0.717, 1.165) is 11.8 Å². The number of aryl methyl sites for hydroxylation is 1. The van der Waals surface area contributed by atoms with Gasteiger partial charge >= 0.3 is 0 Å². The molecule has 30 heavy (non-hydrogen) atoms. The summed E-state index contributed by atoms with van der Waals surface area (Å²) in [5, 5.41) is 2.88. The van der Waals surface area contributed by atoms with Crippen LogP contribution in [0, 0.1) is 5.92 Å². The van der Waals surface area contributed by atoms with Gasteiger partial charge in [0.15, 0.2) is 0 Å². The number of hydrogen-bond donors (Lipinski definition) is 0. The first kappa shape index (κ1) is 23.4. The minimum absolute atomic E-state index is 0.795. The van der Waals surface area contributed by atoms with Crippen LogP contribution in [0.3, 0.4) is 0 Å². The van der Waals surface area contributed by atoms with E-state index in [-0.39, 0.29) is 0 Å². The maximum Gasteiger partial charge on any atom is -0.0162 e. The molecular formula is C30H46. The van der Waals surface area contributed by atoms with Crippen LogP contribution in [-0.2, 0) is 6.42 Å². The van der Waals surface area contributed by atoms with Gasteiger partial charge in [0.25, 0.3) is 0 Å². The van der Waals surface area contributed by atoms with E-state index in [0.29, 0.717) is 0 Å². The Labute approximate surface area is 186 Å². The zero-order valence-electron chi connectivity index (χ0n) is 19.9. The fraction of sp³-hybridized carbons (Fsp3) is 0.667. The first-order chi connectivity index (χ1) is 14.8. The van der Waals surface area contributed by atoms with E-state index in [1.165, 1.54) is 119 Å². The lowest BCUT2D eigenvalue weighted by Gasteiger charge is -2.29. The van der Waals surface area contributed by atoms with Gasteiger partial charge in [0, 0.05) is 0 Å². The van der Waals surface area contributed by atoms with Crippen LogP contribution in [0.15, 0.2) is 36.4 Å². The van der Waals surface area contributed by atoms with Crippen molar-refractivity contribution in [2.24, 2.45) is 5.92 Å². The summed E-state index contributed by atoms with van der Waals surface area (Å²) in [6.07, 6.45) is 22.5. The van der Waals surface area contributed by atoms with Crippen molar-refractivity contribution < 1.29 is 0 Å². The maximum atomic E-state index is 2.49. The zero-order chi connectivity index (χ0) is 21.0. The number of fused-ring (bicyclic) bond motifs is 1. The van der Waals surface area contributed by atoms with E-state index in [9.17, 15) is 0 Å². The van der Waals surface area contributed by atoms with Crippen LogP contribution in [-0.4, -0.2) is 0 Å². The smallest absolute Gasteiger partial charge is 0.0162 e. The molecule has 0 spiro atoms. The van der Waals surface area contributed by atoms with Crippen LogP contribution in [0.1, 0.15) is 127 Å². The summed E-state index contributed by atoms with van der Waals surface area (Å²) < 4.78 is 0. The van der Waals surface area contributed by atoms with Crippen molar-refractivity contribution in [3.8, 4) is 0 Å². The molecular weight excluding hydrogens is 360 g/mol. The van der Waals surface area contributed by atoms with Crippen LogP contribution in [0.2, 0.25) is 0 Å². The normalized spacial score (nSPS) is 19.4. The van der Waals surface area contributed by atoms with Crippen LogP contribution >= 0.6 is 0 Å². The van der Waals surface area contributed by atoms with Crippen molar-refractivity contribution in [1.29, 1.82) is 0 Å². The van der Waals surface area contributed by atoms with Gasteiger partial charge in [-0.05, 0) is 72.3 Å². The number of unbranched alkanes of at least 4 members (excludes halogenated alkanes) is 8. The Morgan fingerprint density at radius 1 is 0.633 bits per heavy atom. The average Bonchev–Trinajstić information content (AvgIpc) is 2.79. The molecule has 0 aliphatic heterocycles. The van der Waals surface area contributed by atoms with Crippen molar-refractivity contribution in [2.45, 2.75) is 122 Å². The molecule has 1 aliphatic rings. The van der Waals surface area contributed by atoms with Gasteiger partial charge in [-0.2, -0.15) is 0 Å². The molecule has 166 valence electrons. The van der Waals surface area contributed by atoms with Crippen molar-refractivity contribution in [2.75, 3.05) is 0 Å². The highest BCUT2D eigenvalue weighted by Gasteiger charge is 2.22. The Morgan fingerprint density at radius 2 is 1.27 bits per heavy atom. The van der Waals surface area contributed by atoms with Gasteiger partial charge in [0.1, 0.15) is 0 Å². The summed E-state index contributed by atoms with van der Waals surface area (Å²) in [5.74, 6) is 1.80. The Bertz CT molecular complexity index is 720. The highest BCUT2D eigenvalue weighted by atomic mass is 14.3. The standard InChI is InChI=1S/C30H46/c1-3-5-7-9-10-12-13-25-15-18-27(19-16-25)29-22-21-28-23-26(14-11-8-6-4-2)17-20-30(28)24-29/h17,20-25,27H,3-16,18-19H2,1-2H3/t25-,27-. The number of rotatable bonds is 13. The van der Waals surface area contributed by atoms with Gasteiger partial charge in [-0.3, -0.25) is 0 Å². The predicted octanol–water partition coefficient (Wildman–Crippen LogP) is 9.99. The van der Waals surface area contributed by atoms with E-state index in [1.54, 1.807) is 5.56 Å². The molecule has 0 radical (unpaired) electrons. The van der Waals surface area contributed by atoms with E-state index < -0.39 is 0 Å². The Hall–Kier alpha value is -1.30. The molecule has 0 heterocycles. The third-order valence-electron chi connectivity index (χ3n) is 7.53. The van der Waals surface area contributed by atoms with Crippen LogP contribution in [0.5, 0.6) is 0 Å². The summed E-state index contributed by atoms with van der Waals surface area (Å²) in [7, 11) is 0. The highest BCUT2D eigenvalue weighted by molar-refractivity contribution is 5.84. The van der Waals surface area contributed by atoms with Gasteiger partial charge in [0.2, 0.25) is 0 Å². The highest BCUT2D eigenvalue weighted by Crippen LogP contribution is 2.38. The number of hydrogen-bond acceptors (Lipinski definition) is 0. The molecule has 0 unspecified atom stereocenters. The van der Waals surface area contributed by atoms with E-state index in [1.807, 2.05) is 0 Å². The topological polar surface area (TPSA) is 0 Å². The fourth-order valence-corrected chi connectivity index (χ4v) is 5.48. The SMILES string of the molecule is CCCCCCCC[C@H]1CC[C@H](c2ccc3cc(CCCCCC)ccc3c2)CC1. The van der Waals surface area contributed by atoms with Crippen molar-refractivity contribution in [3.05, 3.63) is 47.5 Å². The third kappa shape index (κ3) is 7.44. The van der Waals surface area contributed by atoms with Crippen molar-refractivity contribution >= 4 is 10.8 Å². The Kier molecular flexibility index (Phi) is 10.3. The molecule has 0 saturated heterocycles. The minimum Gasteiger partial charge on any atom is -0.0654 e. The van der Waals surface area contributed by atoms with Crippen molar-refractivity contribution in [3.63, 3.8) is 0 Å². The molecule has 0 atom stereocenters. The van der Waals surface area contributed by atoms with Crippen molar-refractivity contribution in [1.82, 2.24) is 0 Å². The molecule has 2 aromatic carbocycles. The summed E-state index contributed by atoms with van der Waals surface area (Å²) in [6, 6.07) is 14.5. The van der Waals surface area contributed by atoms with Crippen LogP contribution < -0.4 is 0 Å². The van der Waals surface area contributed by atoms with E-state index in [4.69, 9.17) is 0 Å². The molecule has 0 nitrogen and oxygen atoms in total. The quantitative estimate of drug-likeness (QED) is 0.290. The first-order valence-corrected chi connectivity index (χ1v) is 13.3. The second kappa shape index (κ2) is 13.2. The van der Waals surface area contributed by atoms with Gasteiger partial charge in [-0.15, -0.1) is 0 Å². The lowest BCUT2D eigenvalue weighted by molar-refractivity contribution is 0.302. The van der Waals surface area contributed by atoms with Gasteiger partial charge in [-0.1, -0.05) is 114 Å². The molecule has 3 rings (SSSR count). The first-order valence-electron chi connectivity index (χ1n) is 13.3. The maximum absolute atomic E-state index is 2.49. The van der Waals surface area contributed by atoms with Gasteiger partial charge < -0.3 is 0 Å². The zero-order valence-corrected chi connectivity index (χ0v) is 19.9. The molecule has 1 aliphatic carbocycles. The third-order valence-corrected chi connectivity index (χ3v) is 7.53. The summed E-state index contributed by atoms with van der Waals surface area (Å²) >= 11 is 0. The molecule has 0 heteroatoms. The molecule has 1 saturated carbocycles. The second-order valence-corrected chi connectivity index (χ2v) is 10.0. The van der Waals surface area contributed by atoms with E-state index >= 15 is 0 Å².